The van der Waals surface area contributed by atoms with Gasteiger partial charge in [-0.3, -0.25) is 4.79 Å². The number of carbonyl (C=O) groups excluding carboxylic acids is 2. The summed E-state index contributed by atoms with van der Waals surface area (Å²) in [5, 5.41) is 8.25. The zero-order valence-corrected chi connectivity index (χ0v) is 19.5. The summed E-state index contributed by atoms with van der Waals surface area (Å²) in [6.45, 7) is 6.27. The van der Waals surface area contributed by atoms with Crippen LogP contribution in [0.3, 0.4) is 0 Å². The fourth-order valence-electron chi connectivity index (χ4n) is 3.32. The molecule has 3 amide bonds. The van der Waals surface area contributed by atoms with Crippen molar-refractivity contribution < 1.29 is 19.1 Å². The lowest BCUT2D eigenvalue weighted by Crippen LogP contribution is -2.21. The quantitative estimate of drug-likeness (QED) is 0.446. The summed E-state index contributed by atoms with van der Waals surface area (Å²) in [6.07, 6.45) is 0. The summed E-state index contributed by atoms with van der Waals surface area (Å²) in [7, 11) is 3.17. The van der Waals surface area contributed by atoms with Gasteiger partial charge in [-0.05, 0) is 53.9 Å². The molecule has 7 heteroatoms. The first-order valence-electron chi connectivity index (χ1n) is 10.6. The molecule has 172 valence electrons. The van der Waals surface area contributed by atoms with E-state index in [4.69, 9.17) is 9.47 Å². The molecule has 0 aliphatic rings. The average molecular weight is 448 g/mol. The van der Waals surface area contributed by atoms with Gasteiger partial charge in [0.05, 0.1) is 12.8 Å². The van der Waals surface area contributed by atoms with E-state index in [1.807, 2.05) is 12.1 Å². The minimum absolute atomic E-state index is 0.130. The van der Waals surface area contributed by atoms with Crippen molar-refractivity contribution in [2.45, 2.75) is 26.2 Å². The van der Waals surface area contributed by atoms with E-state index in [1.165, 1.54) is 0 Å². The van der Waals surface area contributed by atoms with E-state index in [0.717, 1.165) is 5.56 Å². The zero-order valence-electron chi connectivity index (χ0n) is 19.5. The highest BCUT2D eigenvalue weighted by Crippen LogP contribution is 2.37. The second-order valence-electron chi connectivity index (χ2n) is 8.45. The van der Waals surface area contributed by atoms with Crippen LogP contribution in [0.5, 0.6) is 17.2 Å². The second kappa shape index (κ2) is 10.1. The molecule has 0 aliphatic carbocycles. The van der Waals surface area contributed by atoms with Crippen LogP contribution in [-0.2, 0) is 5.41 Å². The topological polar surface area (TPSA) is 88.7 Å². The number of ether oxygens (including phenoxy) is 2. The lowest BCUT2D eigenvalue weighted by atomic mass is 9.86. The SMILES string of the molecule is CNC(=O)c1cccc(Oc2ccc(NC(=O)Nc3cccc(C(C)(C)C)c3OC)cc2)c1. The number of para-hydroxylation sites is 1. The predicted molar refractivity (Wildman–Crippen MR) is 131 cm³/mol. The number of anilines is 2. The molecule has 7 nitrogen and oxygen atoms in total. The Labute approximate surface area is 194 Å². The first-order chi connectivity index (χ1) is 15.7. The molecular weight excluding hydrogens is 418 g/mol. The normalized spacial score (nSPS) is 10.8. The van der Waals surface area contributed by atoms with Crippen molar-refractivity contribution in [2.75, 3.05) is 24.8 Å². The Balaban J connectivity index is 1.66. The number of nitrogens with one attached hydrogen (secondary N) is 3. The van der Waals surface area contributed by atoms with Crippen LogP contribution in [0.4, 0.5) is 16.2 Å². The molecule has 0 bridgehead atoms. The van der Waals surface area contributed by atoms with Crippen molar-refractivity contribution in [3.63, 3.8) is 0 Å². The highest BCUT2D eigenvalue weighted by molar-refractivity contribution is 6.01. The van der Waals surface area contributed by atoms with Gasteiger partial charge in [0.25, 0.3) is 5.91 Å². The van der Waals surface area contributed by atoms with Gasteiger partial charge in [-0.1, -0.05) is 39.0 Å². The number of amides is 3. The van der Waals surface area contributed by atoms with Crippen LogP contribution < -0.4 is 25.4 Å². The molecule has 0 saturated carbocycles. The van der Waals surface area contributed by atoms with E-state index in [2.05, 4.69) is 36.7 Å². The Bertz CT molecular complexity index is 1140. The van der Waals surface area contributed by atoms with Crippen LogP contribution in [0.15, 0.2) is 66.7 Å². The van der Waals surface area contributed by atoms with E-state index in [1.54, 1.807) is 68.8 Å². The van der Waals surface area contributed by atoms with E-state index >= 15 is 0 Å². The Morgan fingerprint density at radius 1 is 0.848 bits per heavy atom. The van der Waals surface area contributed by atoms with Gasteiger partial charge in [0.15, 0.2) is 0 Å². The van der Waals surface area contributed by atoms with Crippen molar-refractivity contribution in [1.82, 2.24) is 5.32 Å². The number of benzene rings is 3. The van der Waals surface area contributed by atoms with Crippen LogP contribution in [-0.4, -0.2) is 26.1 Å². The van der Waals surface area contributed by atoms with Crippen LogP contribution >= 0.6 is 0 Å². The summed E-state index contributed by atoms with van der Waals surface area (Å²) in [5.41, 5.74) is 2.58. The molecule has 0 aliphatic heterocycles. The fraction of sp³-hybridized carbons (Fsp3) is 0.231. The predicted octanol–water partition coefficient (Wildman–Crippen LogP) is 5.79. The van der Waals surface area contributed by atoms with Crippen molar-refractivity contribution in [1.29, 1.82) is 0 Å². The Hall–Kier alpha value is -4.00. The molecule has 0 unspecified atom stereocenters. The molecule has 3 aromatic carbocycles. The monoisotopic (exact) mass is 447 g/mol. The van der Waals surface area contributed by atoms with E-state index in [0.29, 0.717) is 34.2 Å². The first-order valence-corrected chi connectivity index (χ1v) is 10.6. The number of rotatable bonds is 6. The molecule has 3 N–H and O–H groups in total. The highest BCUT2D eigenvalue weighted by Gasteiger charge is 2.21. The third kappa shape index (κ3) is 6.04. The van der Waals surface area contributed by atoms with Gasteiger partial charge in [-0.2, -0.15) is 0 Å². The maximum Gasteiger partial charge on any atom is 0.323 e. The molecule has 0 heterocycles. The molecule has 0 saturated heterocycles. The van der Waals surface area contributed by atoms with Crippen molar-refractivity contribution >= 4 is 23.3 Å². The largest absolute Gasteiger partial charge is 0.494 e. The summed E-state index contributed by atoms with van der Waals surface area (Å²) in [5.74, 6) is 1.58. The van der Waals surface area contributed by atoms with Gasteiger partial charge in [0, 0.05) is 23.9 Å². The number of urea groups is 1. The third-order valence-corrected chi connectivity index (χ3v) is 4.95. The molecule has 0 spiro atoms. The number of hydrogen-bond acceptors (Lipinski definition) is 4. The summed E-state index contributed by atoms with van der Waals surface area (Å²) < 4.78 is 11.4. The summed E-state index contributed by atoms with van der Waals surface area (Å²) >= 11 is 0. The molecule has 0 aromatic heterocycles. The lowest BCUT2D eigenvalue weighted by Gasteiger charge is -2.24. The van der Waals surface area contributed by atoms with Gasteiger partial charge >= 0.3 is 6.03 Å². The highest BCUT2D eigenvalue weighted by atomic mass is 16.5. The van der Waals surface area contributed by atoms with Gasteiger partial charge in [0.2, 0.25) is 0 Å². The molecule has 0 fully saturated rings. The average Bonchev–Trinajstić information content (AvgIpc) is 2.79. The van der Waals surface area contributed by atoms with Gasteiger partial charge in [-0.15, -0.1) is 0 Å². The maximum atomic E-state index is 12.6. The van der Waals surface area contributed by atoms with Crippen molar-refractivity contribution in [3.05, 3.63) is 77.9 Å². The van der Waals surface area contributed by atoms with Gasteiger partial charge < -0.3 is 25.4 Å². The van der Waals surface area contributed by atoms with E-state index in [-0.39, 0.29) is 17.4 Å². The van der Waals surface area contributed by atoms with Crippen LogP contribution in [0.2, 0.25) is 0 Å². The minimum Gasteiger partial charge on any atom is -0.494 e. The van der Waals surface area contributed by atoms with E-state index in [9.17, 15) is 9.59 Å². The molecule has 3 aromatic rings. The Morgan fingerprint density at radius 3 is 2.18 bits per heavy atom. The number of carbonyl (C=O) groups is 2. The van der Waals surface area contributed by atoms with Crippen LogP contribution in [0.1, 0.15) is 36.7 Å². The molecule has 33 heavy (non-hydrogen) atoms. The first kappa shape index (κ1) is 23.7. The third-order valence-electron chi connectivity index (χ3n) is 4.95. The van der Waals surface area contributed by atoms with Crippen LogP contribution in [0.25, 0.3) is 0 Å². The Morgan fingerprint density at radius 2 is 1.55 bits per heavy atom. The van der Waals surface area contributed by atoms with Crippen LogP contribution in [0, 0.1) is 0 Å². The second-order valence-corrected chi connectivity index (χ2v) is 8.45. The molecular formula is C26H29N3O4. The van der Waals surface area contributed by atoms with Gasteiger partial charge in [-0.25, -0.2) is 4.79 Å². The van der Waals surface area contributed by atoms with Crippen molar-refractivity contribution in [3.8, 4) is 17.2 Å². The fourth-order valence-corrected chi connectivity index (χ4v) is 3.32. The smallest absolute Gasteiger partial charge is 0.323 e. The summed E-state index contributed by atoms with van der Waals surface area (Å²) in [4.78, 5) is 24.4. The molecule has 3 rings (SSSR count). The molecule has 0 atom stereocenters. The zero-order chi connectivity index (χ0) is 24.0. The lowest BCUT2D eigenvalue weighted by molar-refractivity contribution is 0.0962. The molecule has 0 radical (unpaired) electrons. The van der Waals surface area contributed by atoms with Gasteiger partial charge in [0.1, 0.15) is 17.2 Å². The van der Waals surface area contributed by atoms with Crippen molar-refractivity contribution in [2.24, 2.45) is 0 Å². The maximum absolute atomic E-state index is 12.6. The number of methoxy groups -OCH3 is 1. The Kier molecular flexibility index (Phi) is 7.23. The number of hydrogen-bond donors (Lipinski definition) is 3. The standard InChI is InChI=1S/C26H29N3O4/c1-26(2,3)21-10-7-11-22(23(21)32-5)29-25(31)28-18-12-14-19(15-13-18)33-20-9-6-8-17(16-20)24(30)27-4/h6-16H,1-5H3,(H,27,30)(H2,28,29,31). The summed E-state index contributed by atoms with van der Waals surface area (Å²) in [6, 6.07) is 19.2. The van der Waals surface area contributed by atoms with E-state index < -0.39 is 0 Å². The minimum atomic E-state index is -0.383.